The molecule has 2 aliphatic carbocycles. The van der Waals surface area contributed by atoms with Crippen LogP contribution in [0.2, 0.25) is 0 Å². The molecule has 0 N–H and O–H groups in total. The Morgan fingerprint density at radius 2 is 2.00 bits per heavy atom. The lowest BCUT2D eigenvalue weighted by Gasteiger charge is -2.45. The Kier molecular flexibility index (Phi) is 3.77. The number of alkyl halides is 1. The minimum Gasteiger partial charge on any atom is -0.300 e. The minimum atomic E-state index is 0.624. The molecular weight excluding hydrogens is 250 g/mol. The molecule has 0 amide bonds. The molecule has 2 aliphatic rings. The first kappa shape index (κ1) is 11.9. The molecule has 0 aromatic heterocycles. The lowest BCUT2D eigenvalue weighted by atomic mass is 9.70. The number of rotatable bonds is 6. The van der Waals surface area contributed by atoms with E-state index >= 15 is 0 Å². The van der Waals surface area contributed by atoms with E-state index in [9.17, 15) is 0 Å². The molecule has 0 spiro atoms. The van der Waals surface area contributed by atoms with Crippen LogP contribution in [0.4, 0.5) is 0 Å². The summed E-state index contributed by atoms with van der Waals surface area (Å²) >= 11 is 3.72. The van der Waals surface area contributed by atoms with E-state index < -0.39 is 0 Å². The Morgan fingerprint density at radius 3 is 2.33 bits per heavy atom. The van der Waals surface area contributed by atoms with Gasteiger partial charge in [-0.3, -0.25) is 0 Å². The molecule has 0 unspecified atom stereocenters. The first-order chi connectivity index (χ1) is 7.15. The molecular formula is C13H24BrN. The van der Waals surface area contributed by atoms with Gasteiger partial charge in [-0.2, -0.15) is 0 Å². The van der Waals surface area contributed by atoms with Crippen LogP contribution in [0.15, 0.2) is 0 Å². The van der Waals surface area contributed by atoms with Gasteiger partial charge >= 0.3 is 0 Å². The number of halogens is 1. The third-order valence-corrected chi connectivity index (χ3v) is 5.35. The first-order valence-electron chi connectivity index (χ1n) is 6.45. The van der Waals surface area contributed by atoms with Crippen LogP contribution in [-0.4, -0.2) is 29.4 Å². The molecule has 2 heteroatoms. The van der Waals surface area contributed by atoms with Crippen LogP contribution in [0.1, 0.15) is 46.0 Å². The molecule has 0 heterocycles. The maximum Gasteiger partial charge on any atom is 0.0100 e. The van der Waals surface area contributed by atoms with Crippen molar-refractivity contribution in [2.45, 2.75) is 52.0 Å². The first-order valence-corrected chi connectivity index (χ1v) is 7.57. The molecule has 0 atom stereocenters. The van der Waals surface area contributed by atoms with Crippen molar-refractivity contribution in [2.75, 3.05) is 18.4 Å². The smallest absolute Gasteiger partial charge is 0.0100 e. The van der Waals surface area contributed by atoms with E-state index in [1.54, 1.807) is 0 Å². The summed E-state index contributed by atoms with van der Waals surface area (Å²) in [7, 11) is 0. The fraction of sp³-hybridized carbons (Fsp3) is 1.00. The fourth-order valence-electron chi connectivity index (χ4n) is 2.53. The molecule has 2 rings (SSSR count). The van der Waals surface area contributed by atoms with Gasteiger partial charge in [0.1, 0.15) is 0 Å². The van der Waals surface area contributed by atoms with Gasteiger partial charge in [-0.05, 0) is 50.9 Å². The van der Waals surface area contributed by atoms with Crippen LogP contribution in [0.3, 0.4) is 0 Å². The lowest BCUT2D eigenvalue weighted by Crippen LogP contribution is -2.46. The molecule has 2 fully saturated rings. The monoisotopic (exact) mass is 273 g/mol. The Balaban J connectivity index is 1.86. The van der Waals surface area contributed by atoms with E-state index in [1.807, 2.05) is 0 Å². The lowest BCUT2D eigenvalue weighted by molar-refractivity contribution is 0.0703. The predicted molar refractivity (Wildman–Crippen MR) is 69.5 cm³/mol. The van der Waals surface area contributed by atoms with Gasteiger partial charge in [-0.15, -0.1) is 0 Å². The van der Waals surface area contributed by atoms with Crippen LogP contribution >= 0.6 is 15.9 Å². The van der Waals surface area contributed by atoms with Gasteiger partial charge < -0.3 is 4.90 Å². The van der Waals surface area contributed by atoms with E-state index in [0.717, 1.165) is 12.0 Å². The molecule has 0 aromatic rings. The van der Waals surface area contributed by atoms with Gasteiger partial charge in [0.05, 0.1) is 0 Å². The van der Waals surface area contributed by atoms with Crippen molar-refractivity contribution >= 4 is 15.9 Å². The van der Waals surface area contributed by atoms with Crippen molar-refractivity contribution in [2.24, 2.45) is 11.3 Å². The average Bonchev–Trinajstić information content (AvgIpc) is 2.92. The standard InChI is InChI=1S/C13H24BrN/c1-11(2)15(8-12-4-5-12)10-13(9-14)6-3-7-13/h11-12H,3-10H2,1-2H3. The third kappa shape index (κ3) is 2.97. The van der Waals surface area contributed by atoms with E-state index in [-0.39, 0.29) is 0 Å². The normalized spacial score (nSPS) is 24.6. The number of nitrogens with zero attached hydrogens (tertiary/aromatic N) is 1. The van der Waals surface area contributed by atoms with E-state index in [1.165, 1.54) is 50.5 Å². The largest absolute Gasteiger partial charge is 0.300 e. The molecule has 2 saturated carbocycles. The summed E-state index contributed by atoms with van der Waals surface area (Å²) in [5.41, 5.74) is 0.624. The highest BCUT2D eigenvalue weighted by Crippen LogP contribution is 2.44. The van der Waals surface area contributed by atoms with E-state index in [4.69, 9.17) is 0 Å². The maximum absolute atomic E-state index is 3.72. The zero-order valence-electron chi connectivity index (χ0n) is 10.1. The second-order valence-corrected chi connectivity index (χ2v) is 6.51. The molecule has 0 aliphatic heterocycles. The van der Waals surface area contributed by atoms with Gasteiger partial charge in [0.15, 0.2) is 0 Å². The quantitative estimate of drug-likeness (QED) is 0.668. The predicted octanol–water partition coefficient (Wildman–Crippen LogP) is 3.67. The third-order valence-electron chi connectivity index (χ3n) is 4.16. The summed E-state index contributed by atoms with van der Waals surface area (Å²) in [6.45, 7) is 7.38. The van der Waals surface area contributed by atoms with E-state index in [2.05, 4.69) is 34.7 Å². The minimum absolute atomic E-state index is 0.624. The summed E-state index contributed by atoms with van der Waals surface area (Å²) in [6.07, 6.45) is 7.27. The average molecular weight is 274 g/mol. The summed E-state index contributed by atoms with van der Waals surface area (Å²) in [5, 5.41) is 1.20. The number of hydrogen-bond acceptors (Lipinski definition) is 1. The Bertz CT molecular complexity index is 201. The summed E-state index contributed by atoms with van der Waals surface area (Å²) in [4.78, 5) is 2.72. The van der Waals surface area contributed by atoms with Crippen LogP contribution in [0.5, 0.6) is 0 Å². The SMILES string of the molecule is CC(C)N(CC1CC1)CC1(CBr)CCC1. The highest BCUT2D eigenvalue weighted by molar-refractivity contribution is 9.09. The van der Waals surface area contributed by atoms with Gasteiger partial charge in [-0.25, -0.2) is 0 Å². The second kappa shape index (κ2) is 4.75. The number of hydrogen-bond donors (Lipinski definition) is 0. The molecule has 15 heavy (non-hydrogen) atoms. The molecule has 0 bridgehead atoms. The maximum atomic E-state index is 3.72. The molecule has 0 saturated heterocycles. The zero-order chi connectivity index (χ0) is 10.9. The summed E-state index contributed by atoms with van der Waals surface area (Å²) < 4.78 is 0. The van der Waals surface area contributed by atoms with Crippen LogP contribution in [-0.2, 0) is 0 Å². The Labute approximate surface area is 103 Å². The fourth-order valence-corrected chi connectivity index (χ4v) is 3.27. The Morgan fingerprint density at radius 1 is 1.33 bits per heavy atom. The molecule has 1 nitrogen and oxygen atoms in total. The summed E-state index contributed by atoms with van der Waals surface area (Å²) in [5.74, 6) is 1.03. The summed E-state index contributed by atoms with van der Waals surface area (Å²) in [6, 6.07) is 0.724. The Hall–Kier alpha value is 0.440. The zero-order valence-corrected chi connectivity index (χ0v) is 11.7. The van der Waals surface area contributed by atoms with E-state index in [0.29, 0.717) is 5.41 Å². The second-order valence-electron chi connectivity index (χ2n) is 5.95. The molecule has 0 radical (unpaired) electrons. The van der Waals surface area contributed by atoms with Gasteiger partial charge in [0, 0.05) is 24.5 Å². The van der Waals surface area contributed by atoms with Crippen molar-refractivity contribution in [3.05, 3.63) is 0 Å². The van der Waals surface area contributed by atoms with Crippen molar-refractivity contribution in [3.63, 3.8) is 0 Å². The van der Waals surface area contributed by atoms with Crippen LogP contribution in [0, 0.1) is 11.3 Å². The van der Waals surface area contributed by atoms with Crippen molar-refractivity contribution in [1.82, 2.24) is 4.90 Å². The van der Waals surface area contributed by atoms with Crippen molar-refractivity contribution < 1.29 is 0 Å². The highest BCUT2D eigenvalue weighted by atomic mass is 79.9. The molecule has 88 valence electrons. The van der Waals surface area contributed by atoms with Gasteiger partial charge in [0.25, 0.3) is 0 Å². The molecule has 0 aromatic carbocycles. The van der Waals surface area contributed by atoms with Crippen molar-refractivity contribution in [3.8, 4) is 0 Å². The van der Waals surface area contributed by atoms with Crippen LogP contribution in [0.25, 0.3) is 0 Å². The highest BCUT2D eigenvalue weighted by Gasteiger charge is 2.38. The topological polar surface area (TPSA) is 3.24 Å². The van der Waals surface area contributed by atoms with Crippen LogP contribution < -0.4 is 0 Å². The van der Waals surface area contributed by atoms with Crippen molar-refractivity contribution in [1.29, 1.82) is 0 Å². The van der Waals surface area contributed by atoms with Gasteiger partial charge in [0.2, 0.25) is 0 Å². The van der Waals surface area contributed by atoms with Gasteiger partial charge in [-0.1, -0.05) is 22.4 Å².